The molecule has 0 spiro atoms. The number of esters is 1. The molecule has 2 aromatic heterocycles. The number of amides is 1. The Hall–Kier alpha value is -2.51. The van der Waals surface area contributed by atoms with Gasteiger partial charge in [0.05, 0.1) is 4.88 Å². The Balaban J connectivity index is 1.41. The quantitative estimate of drug-likeness (QED) is 0.638. The lowest BCUT2D eigenvalue weighted by atomic mass is 10.1. The van der Waals surface area contributed by atoms with E-state index in [1.54, 1.807) is 21.6 Å². The minimum atomic E-state index is -0.572. The van der Waals surface area contributed by atoms with Crippen molar-refractivity contribution in [1.29, 1.82) is 0 Å². The normalized spacial score (nSPS) is 15.7. The van der Waals surface area contributed by atoms with Crippen molar-refractivity contribution in [1.82, 2.24) is 4.98 Å². The predicted molar refractivity (Wildman–Crippen MR) is 103 cm³/mol. The third-order valence-corrected chi connectivity index (χ3v) is 6.13. The molecule has 0 bridgehead atoms. The van der Waals surface area contributed by atoms with Crippen LogP contribution in [0.2, 0.25) is 0 Å². The molecule has 0 unspecified atom stereocenters. The topological polar surface area (TPSA) is 59.5 Å². The van der Waals surface area contributed by atoms with E-state index in [9.17, 15) is 9.59 Å². The van der Waals surface area contributed by atoms with Crippen molar-refractivity contribution < 1.29 is 14.3 Å². The van der Waals surface area contributed by atoms with Crippen LogP contribution in [0.4, 0.5) is 5.69 Å². The molecule has 7 heteroatoms. The number of carbonyl (C=O) groups excluding carboxylic acids is 2. The summed E-state index contributed by atoms with van der Waals surface area (Å²) in [5.74, 6) is -0.790. The summed E-state index contributed by atoms with van der Waals surface area (Å²) >= 11 is 2.95. The average Bonchev–Trinajstić information content (AvgIpc) is 3.36. The van der Waals surface area contributed by atoms with E-state index in [2.05, 4.69) is 4.98 Å². The van der Waals surface area contributed by atoms with Gasteiger partial charge in [0, 0.05) is 17.1 Å². The van der Waals surface area contributed by atoms with Gasteiger partial charge >= 0.3 is 5.97 Å². The van der Waals surface area contributed by atoms with Crippen LogP contribution in [0.25, 0.3) is 9.88 Å². The first kappa shape index (κ1) is 16.9. The van der Waals surface area contributed by atoms with Gasteiger partial charge in [0.1, 0.15) is 5.01 Å². The molecule has 1 aliphatic rings. The van der Waals surface area contributed by atoms with Gasteiger partial charge in [-0.05, 0) is 36.4 Å². The van der Waals surface area contributed by atoms with Crippen LogP contribution in [0.3, 0.4) is 0 Å². The lowest BCUT2D eigenvalue weighted by Gasteiger charge is -2.22. The molecule has 4 rings (SSSR count). The number of rotatable bonds is 4. The second kappa shape index (κ2) is 7.01. The molecule has 0 aliphatic carbocycles. The first-order valence-corrected chi connectivity index (χ1v) is 9.96. The van der Waals surface area contributed by atoms with E-state index < -0.39 is 5.97 Å². The summed E-state index contributed by atoms with van der Waals surface area (Å²) in [6.45, 7) is 1.71. The van der Waals surface area contributed by atoms with Gasteiger partial charge in [-0.3, -0.25) is 4.79 Å². The number of benzene rings is 1. The molecule has 1 aromatic carbocycles. The molecule has 0 saturated carbocycles. The first-order chi connectivity index (χ1) is 12.6. The molecular formula is C19H16N2O3S2. The maximum atomic E-state index is 12.6. The van der Waals surface area contributed by atoms with Gasteiger partial charge in [0.25, 0.3) is 5.91 Å². The molecule has 0 radical (unpaired) electrons. The summed E-state index contributed by atoms with van der Waals surface area (Å²) < 4.78 is 5.21. The molecule has 0 fully saturated rings. The van der Waals surface area contributed by atoms with Crippen molar-refractivity contribution in [3.05, 3.63) is 58.4 Å². The Morgan fingerprint density at radius 3 is 2.88 bits per heavy atom. The number of nitrogens with zero attached hydrogens (tertiary/aromatic N) is 2. The zero-order valence-corrected chi connectivity index (χ0v) is 15.7. The van der Waals surface area contributed by atoms with Gasteiger partial charge in [-0.15, -0.1) is 22.7 Å². The van der Waals surface area contributed by atoms with Crippen LogP contribution in [-0.4, -0.2) is 29.5 Å². The average molecular weight is 384 g/mol. The minimum Gasteiger partial charge on any atom is -0.451 e. The van der Waals surface area contributed by atoms with E-state index in [0.29, 0.717) is 0 Å². The molecule has 0 saturated heterocycles. The van der Waals surface area contributed by atoms with Crippen molar-refractivity contribution in [3.8, 4) is 9.88 Å². The molecule has 5 nitrogen and oxygen atoms in total. The number of thiophene rings is 1. The van der Waals surface area contributed by atoms with Crippen molar-refractivity contribution in [2.45, 2.75) is 19.4 Å². The van der Waals surface area contributed by atoms with E-state index in [-0.39, 0.29) is 24.2 Å². The molecule has 26 heavy (non-hydrogen) atoms. The minimum absolute atomic E-state index is 0.0586. The number of aromatic nitrogens is 1. The van der Waals surface area contributed by atoms with Crippen LogP contribution in [0, 0.1) is 0 Å². The smallest absolute Gasteiger partial charge is 0.358 e. The number of hydrogen-bond acceptors (Lipinski definition) is 6. The highest BCUT2D eigenvalue weighted by molar-refractivity contribution is 7.20. The van der Waals surface area contributed by atoms with Gasteiger partial charge in [-0.2, -0.15) is 0 Å². The summed E-state index contributed by atoms with van der Waals surface area (Å²) in [5, 5.41) is 4.40. The van der Waals surface area contributed by atoms with Crippen molar-refractivity contribution in [2.75, 3.05) is 11.5 Å². The lowest BCUT2D eigenvalue weighted by molar-refractivity contribution is -0.122. The predicted octanol–water partition coefficient (Wildman–Crippen LogP) is 4.01. The third-order valence-electron chi connectivity index (χ3n) is 4.25. The van der Waals surface area contributed by atoms with Crippen LogP contribution in [0.5, 0.6) is 0 Å². The standard InChI is InChI=1S/C19H16N2O3S2/c1-12-9-13-5-2-3-6-15(13)21(12)17(22)10-24-19(23)14-11-26-18(20-14)16-7-4-8-25-16/h2-8,11-12H,9-10H2,1H3/t12-/m1/s1. The monoisotopic (exact) mass is 384 g/mol. The SMILES string of the molecule is C[C@@H]1Cc2ccccc2N1C(=O)COC(=O)c1csc(-c2cccs2)n1. The number of para-hydroxylation sites is 1. The summed E-state index contributed by atoms with van der Waals surface area (Å²) in [7, 11) is 0. The van der Waals surface area contributed by atoms with Crippen molar-refractivity contribution in [3.63, 3.8) is 0 Å². The van der Waals surface area contributed by atoms with Crippen LogP contribution >= 0.6 is 22.7 Å². The number of fused-ring (bicyclic) bond motifs is 1. The second-order valence-electron chi connectivity index (χ2n) is 6.04. The summed E-state index contributed by atoms with van der Waals surface area (Å²) in [6.07, 6.45) is 0.812. The van der Waals surface area contributed by atoms with Crippen molar-refractivity contribution in [2.24, 2.45) is 0 Å². The number of hydrogen-bond donors (Lipinski definition) is 0. The van der Waals surface area contributed by atoms with Gasteiger partial charge in [0.2, 0.25) is 0 Å². The Labute approximate surface area is 158 Å². The highest BCUT2D eigenvalue weighted by atomic mass is 32.1. The van der Waals surface area contributed by atoms with Gasteiger partial charge in [-0.1, -0.05) is 24.3 Å². The van der Waals surface area contributed by atoms with Gasteiger partial charge in [0.15, 0.2) is 12.3 Å². The largest absolute Gasteiger partial charge is 0.451 e. The zero-order valence-electron chi connectivity index (χ0n) is 14.0. The van der Waals surface area contributed by atoms with Crippen LogP contribution in [-0.2, 0) is 16.0 Å². The van der Waals surface area contributed by atoms with Crippen LogP contribution < -0.4 is 4.90 Å². The summed E-state index contributed by atoms with van der Waals surface area (Å²) in [4.78, 5) is 31.8. The second-order valence-corrected chi connectivity index (χ2v) is 7.84. The molecule has 0 N–H and O–H groups in total. The van der Waals surface area contributed by atoms with Crippen LogP contribution in [0.1, 0.15) is 23.0 Å². The Morgan fingerprint density at radius 2 is 2.08 bits per heavy atom. The van der Waals surface area contributed by atoms with Crippen molar-refractivity contribution >= 4 is 40.2 Å². The van der Waals surface area contributed by atoms with E-state index in [0.717, 1.165) is 27.6 Å². The highest BCUT2D eigenvalue weighted by Crippen LogP contribution is 2.32. The lowest BCUT2D eigenvalue weighted by Crippen LogP contribution is -2.38. The first-order valence-electron chi connectivity index (χ1n) is 8.20. The Kier molecular flexibility index (Phi) is 4.57. The number of anilines is 1. The Bertz CT molecular complexity index is 949. The molecule has 3 aromatic rings. The fourth-order valence-electron chi connectivity index (χ4n) is 3.10. The molecule has 1 atom stereocenters. The zero-order chi connectivity index (χ0) is 18.1. The molecular weight excluding hydrogens is 368 g/mol. The van der Waals surface area contributed by atoms with E-state index in [4.69, 9.17) is 4.74 Å². The summed E-state index contributed by atoms with van der Waals surface area (Å²) in [6, 6.07) is 11.8. The molecule has 132 valence electrons. The molecule has 1 aliphatic heterocycles. The number of thiazole rings is 1. The van der Waals surface area contributed by atoms with E-state index in [1.807, 2.05) is 48.7 Å². The Morgan fingerprint density at radius 1 is 1.23 bits per heavy atom. The molecule has 3 heterocycles. The maximum absolute atomic E-state index is 12.6. The number of carbonyl (C=O) groups is 2. The van der Waals surface area contributed by atoms with Gasteiger partial charge in [-0.25, -0.2) is 9.78 Å². The number of ether oxygens (including phenoxy) is 1. The van der Waals surface area contributed by atoms with Gasteiger partial charge < -0.3 is 9.64 Å². The van der Waals surface area contributed by atoms with Crippen LogP contribution in [0.15, 0.2) is 47.2 Å². The molecule has 1 amide bonds. The fraction of sp³-hybridized carbons (Fsp3) is 0.211. The summed E-state index contributed by atoms with van der Waals surface area (Å²) in [5.41, 5.74) is 2.27. The third kappa shape index (κ3) is 3.15. The fourth-order valence-corrected chi connectivity index (χ4v) is 4.70. The highest BCUT2D eigenvalue weighted by Gasteiger charge is 2.31. The van der Waals surface area contributed by atoms with E-state index in [1.165, 1.54) is 11.3 Å². The maximum Gasteiger partial charge on any atom is 0.358 e. The van der Waals surface area contributed by atoms with E-state index >= 15 is 0 Å².